The van der Waals surface area contributed by atoms with Crippen molar-refractivity contribution in [3.8, 4) is 10.6 Å². The Morgan fingerprint density at radius 3 is 2.47 bits per heavy atom. The number of carbonyl (C=O) groups excluding carboxylic acids is 2. The van der Waals surface area contributed by atoms with Crippen LogP contribution in [0.1, 0.15) is 59.3 Å². The molecule has 0 radical (unpaired) electrons. The molecule has 1 atom stereocenters. The van der Waals surface area contributed by atoms with Gasteiger partial charge in [0.25, 0.3) is 0 Å². The number of nitrogens with zero attached hydrogens (tertiary/aromatic N) is 3. The standard InChI is InChI=1S/C22H31BrN4O2S/c1-4-7-8-16(6-3)21(29)27(14-5-2)15-13-19(28)24-22-26-25-20(30-22)17-9-11-18(23)12-10-17/h9-12,16H,4-8,13-15H2,1-3H3,(H,24,26,28). The topological polar surface area (TPSA) is 75.2 Å². The van der Waals surface area contributed by atoms with E-state index >= 15 is 0 Å². The fraction of sp³-hybridized carbons (Fsp3) is 0.545. The summed E-state index contributed by atoms with van der Waals surface area (Å²) in [7, 11) is 0. The Balaban J connectivity index is 1.91. The van der Waals surface area contributed by atoms with Gasteiger partial charge in [-0.2, -0.15) is 0 Å². The number of hydrogen-bond acceptors (Lipinski definition) is 5. The van der Waals surface area contributed by atoms with Gasteiger partial charge >= 0.3 is 0 Å². The number of amides is 2. The second-order valence-corrected chi connectivity index (χ2v) is 9.18. The zero-order valence-electron chi connectivity index (χ0n) is 18.0. The lowest BCUT2D eigenvalue weighted by atomic mass is 9.97. The van der Waals surface area contributed by atoms with Crippen LogP contribution in [-0.2, 0) is 9.59 Å². The van der Waals surface area contributed by atoms with Crippen LogP contribution in [-0.4, -0.2) is 40.0 Å². The maximum Gasteiger partial charge on any atom is 0.227 e. The maximum absolute atomic E-state index is 12.9. The minimum Gasteiger partial charge on any atom is -0.342 e. The summed E-state index contributed by atoms with van der Waals surface area (Å²) >= 11 is 4.75. The van der Waals surface area contributed by atoms with Crippen LogP contribution in [0.5, 0.6) is 0 Å². The molecule has 0 spiro atoms. The Morgan fingerprint density at radius 1 is 1.10 bits per heavy atom. The molecule has 0 aliphatic carbocycles. The molecule has 0 bridgehead atoms. The molecule has 0 fully saturated rings. The van der Waals surface area contributed by atoms with E-state index in [-0.39, 0.29) is 24.2 Å². The molecule has 1 heterocycles. The average molecular weight is 495 g/mol. The predicted molar refractivity (Wildman–Crippen MR) is 126 cm³/mol. The fourth-order valence-electron chi connectivity index (χ4n) is 3.21. The number of carbonyl (C=O) groups is 2. The Bertz CT molecular complexity index is 810. The first-order chi connectivity index (χ1) is 14.5. The van der Waals surface area contributed by atoms with E-state index in [0.29, 0.717) is 18.2 Å². The number of hydrogen-bond donors (Lipinski definition) is 1. The number of unbranched alkanes of at least 4 members (excludes halogenated alkanes) is 1. The molecule has 0 saturated heterocycles. The Hall–Kier alpha value is -1.80. The first-order valence-corrected chi connectivity index (χ1v) is 12.3. The first kappa shape index (κ1) is 24.5. The SMILES string of the molecule is CCCCC(CC)C(=O)N(CCC)CCC(=O)Nc1nnc(-c2ccc(Br)cc2)s1. The van der Waals surface area contributed by atoms with Gasteiger partial charge in [0.05, 0.1) is 0 Å². The third-order valence-electron chi connectivity index (χ3n) is 4.92. The van der Waals surface area contributed by atoms with Gasteiger partial charge in [-0.1, -0.05) is 73.0 Å². The number of rotatable bonds is 12. The number of aromatic nitrogens is 2. The van der Waals surface area contributed by atoms with Crippen LogP contribution in [0.25, 0.3) is 10.6 Å². The van der Waals surface area contributed by atoms with E-state index in [1.807, 2.05) is 29.2 Å². The Morgan fingerprint density at radius 2 is 1.83 bits per heavy atom. The molecule has 6 nitrogen and oxygen atoms in total. The third kappa shape index (κ3) is 7.47. The van der Waals surface area contributed by atoms with Crippen molar-refractivity contribution in [2.24, 2.45) is 5.92 Å². The Kier molecular flexibility index (Phi) is 10.4. The maximum atomic E-state index is 12.9. The van der Waals surface area contributed by atoms with E-state index in [1.54, 1.807) is 0 Å². The van der Waals surface area contributed by atoms with Gasteiger partial charge in [0.15, 0.2) is 0 Å². The molecule has 1 unspecified atom stereocenters. The minimum absolute atomic E-state index is 0.0520. The highest BCUT2D eigenvalue weighted by Crippen LogP contribution is 2.27. The van der Waals surface area contributed by atoms with Gasteiger partial charge in [-0.15, -0.1) is 10.2 Å². The van der Waals surface area contributed by atoms with E-state index in [0.717, 1.165) is 47.1 Å². The van der Waals surface area contributed by atoms with Crippen molar-refractivity contribution in [1.29, 1.82) is 0 Å². The zero-order valence-corrected chi connectivity index (χ0v) is 20.4. The summed E-state index contributed by atoms with van der Waals surface area (Å²) in [5, 5.41) is 12.3. The molecular weight excluding hydrogens is 464 g/mol. The van der Waals surface area contributed by atoms with E-state index in [2.05, 4.69) is 52.2 Å². The molecule has 0 saturated carbocycles. The highest BCUT2D eigenvalue weighted by Gasteiger charge is 2.22. The van der Waals surface area contributed by atoms with Crippen LogP contribution in [0.4, 0.5) is 5.13 Å². The van der Waals surface area contributed by atoms with Crippen molar-refractivity contribution < 1.29 is 9.59 Å². The fourth-order valence-corrected chi connectivity index (χ4v) is 4.24. The zero-order chi connectivity index (χ0) is 21.9. The molecule has 0 aliphatic rings. The molecule has 30 heavy (non-hydrogen) atoms. The van der Waals surface area contributed by atoms with Gasteiger partial charge in [-0.25, -0.2) is 0 Å². The van der Waals surface area contributed by atoms with Gasteiger partial charge in [0.2, 0.25) is 16.9 Å². The first-order valence-electron chi connectivity index (χ1n) is 10.7. The lowest BCUT2D eigenvalue weighted by molar-refractivity contribution is -0.136. The van der Waals surface area contributed by atoms with Crippen LogP contribution in [0, 0.1) is 5.92 Å². The third-order valence-corrected chi connectivity index (χ3v) is 6.34. The summed E-state index contributed by atoms with van der Waals surface area (Å²) in [6.45, 7) is 7.37. The van der Waals surface area contributed by atoms with Gasteiger partial charge in [0.1, 0.15) is 5.01 Å². The number of anilines is 1. The van der Waals surface area contributed by atoms with Crippen LogP contribution in [0.15, 0.2) is 28.7 Å². The van der Waals surface area contributed by atoms with E-state index < -0.39 is 0 Å². The lowest BCUT2D eigenvalue weighted by Gasteiger charge is -2.26. The number of halogens is 1. The van der Waals surface area contributed by atoms with E-state index in [4.69, 9.17) is 0 Å². The molecular formula is C22H31BrN4O2S. The molecule has 1 aromatic heterocycles. The summed E-state index contributed by atoms with van der Waals surface area (Å²) < 4.78 is 0.996. The summed E-state index contributed by atoms with van der Waals surface area (Å²) in [6, 6.07) is 7.79. The number of benzene rings is 1. The molecule has 8 heteroatoms. The van der Waals surface area contributed by atoms with Gasteiger partial charge in [-0.3, -0.25) is 9.59 Å². The minimum atomic E-state index is -0.149. The average Bonchev–Trinajstić information content (AvgIpc) is 3.20. The van der Waals surface area contributed by atoms with Crippen molar-refractivity contribution in [3.05, 3.63) is 28.7 Å². The highest BCUT2D eigenvalue weighted by atomic mass is 79.9. The van der Waals surface area contributed by atoms with E-state index in [1.165, 1.54) is 11.3 Å². The summed E-state index contributed by atoms with van der Waals surface area (Å²) in [6.07, 6.45) is 5.04. The second-order valence-electron chi connectivity index (χ2n) is 7.29. The summed E-state index contributed by atoms with van der Waals surface area (Å²) in [5.41, 5.74) is 0.952. The summed E-state index contributed by atoms with van der Waals surface area (Å²) in [5.74, 6) is 0.0780. The number of nitrogens with one attached hydrogen (secondary N) is 1. The van der Waals surface area contributed by atoms with Gasteiger partial charge in [0, 0.05) is 35.5 Å². The lowest BCUT2D eigenvalue weighted by Crippen LogP contribution is -2.38. The van der Waals surface area contributed by atoms with Gasteiger partial charge in [-0.05, 0) is 31.4 Å². The largest absolute Gasteiger partial charge is 0.342 e. The summed E-state index contributed by atoms with van der Waals surface area (Å²) in [4.78, 5) is 27.2. The van der Waals surface area contributed by atoms with Crippen molar-refractivity contribution in [3.63, 3.8) is 0 Å². The molecule has 164 valence electrons. The smallest absolute Gasteiger partial charge is 0.227 e. The molecule has 0 aliphatic heterocycles. The monoisotopic (exact) mass is 494 g/mol. The second kappa shape index (κ2) is 12.8. The highest BCUT2D eigenvalue weighted by molar-refractivity contribution is 9.10. The molecule has 2 rings (SSSR count). The molecule has 1 aromatic carbocycles. The molecule has 2 aromatic rings. The van der Waals surface area contributed by atoms with Crippen LogP contribution >= 0.6 is 27.3 Å². The van der Waals surface area contributed by atoms with Crippen molar-refractivity contribution in [1.82, 2.24) is 15.1 Å². The van der Waals surface area contributed by atoms with Crippen LogP contribution < -0.4 is 5.32 Å². The van der Waals surface area contributed by atoms with Crippen molar-refractivity contribution in [2.45, 2.75) is 59.3 Å². The van der Waals surface area contributed by atoms with Crippen LogP contribution in [0.2, 0.25) is 0 Å². The Labute approximate surface area is 191 Å². The van der Waals surface area contributed by atoms with Crippen molar-refractivity contribution in [2.75, 3.05) is 18.4 Å². The predicted octanol–water partition coefficient (Wildman–Crippen LogP) is 5.75. The van der Waals surface area contributed by atoms with Crippen molar-refractivity contribution >= 4 is 44.2 Å². The van der Waals surface area contributed by atoms with E-state index in [9.17, 15) is 9.59 Å². The quantitative estimate of drug-likeness (QED) is 0.407. The van der Waals surface area contributed by atoms with Gasteiger partial charge < -0.3 is 10.2 Å². The normalized spacial score (nSPS) is 11.9. The molecule has 2 amide bonds. The van der Waals surface area contributed by atoms with Crippen LogP contribution in [0.3, 0.4) is 0 Å². The molecule has 1 N–H and O–H groups in total.